The maximum absolute atomic E-state index is 9.77. The smallest absolute Gasteiger partial charge is 0.317 e. The van der Waals surface area contributed by atoms with Crippen molar-refractivity contribution < 1.29 is 22.3 Å². The number of hydrogen-bond acceptors (Lipinski definition) is 2. The van der Waals surface area contributed by atoms with Gasteiger partial charge in [0.05, 0.1) is 6.54 Å². The second-order valence-corrected chi connectivity index (χ2v) is 1.63. The van der Waals surface area contributed by atoms with Gasteiger partial charge in [-0.15, -0.1) is 12.4 Å². The van der Waals surface area contributed by atoms with E-state index in [9.17, 15) is 4.79 Å². The summed E-state index contributed by atoms with van der Waals surface area (Å²) >= 11 is 0. The molecule has 1 N–H and O–H groups in total. The molecule has 0 unspecified atom stereocenters. The Morgan fingerprint density at radius 1 is 1.56 bits per heavy atom. The average molecular weight is 175 g/mol. The van der Waals surface area contributed by atoms with E-state index in [2.05, 4.69) is 0 Å². The van der Waals surface area contributed by atoms with Gasteiger partial charge < -0.3 is 17.5 Å². The van der Waals surface area contributed by atoms with Crippen LogP contribution in [0.25, 0.3) is 0 Å². The first kappa shape index (κ1) is 16.0. The maximum Gasteiger partial charge on any atom is 0.317 e. The Morgan fingerprint density at radius 2 is 1.89 bits per heavy atom. The monoisotopic (exact) mass is 174 g/mol. The summed E-state index contributed by atoms with van der Waals surface area (Å²) in [5.74, 6) is -0.787. The number of carboxylic acids is 1. The minimum absolute atomic E-state index is 0. The van der Waals surface area contributed by atoms with E-state index in [0.29, 0.717) is 0 Å². The summed E-state index contributed by atoms with van der Waals surface area (Å²) in [6.45, 7) is 0.111. The van der Waals surface area contributed by atoms with E-state index in [-0.39, 0.29) is 31.4 Å². The van der Waals surface area contributed by atoms with Gasteiger partial charge in [0.15, 0.2) is 0 Å². The molecule has 0 radical (unpaired) electrons. The molecule has 0 spiro atoms. The molecule has 0 aromatic heterocycles. The van der Waals surface area contributed by atoms with Gasteiger partial charge in [-0.3, -0.25) is 9.69 Å². The third-order valence-electron chi connectivity index (χ3n) is 0.451. The third-order valence-corrected chi connectivity index (χ3v) is 0.451. The Bertz CT molecular complexity index is 77.0. The van der Waals surface area contributed by atoms with E-state index < -0.39 is 5.97 Å². The van der Waals surface area contributed by atoms with Crippen LogP contribution in [0.2, 0.25) is 0 Å². The molecule has 58 valence electrons. The van der Waals surface area contributed by atoms with E-state index in [1.165, 1.54) is 0 Å². The maximum atomic E-state index is 9.77. The molecule has 0 aliphatic rings. The number of likely N-dealkylation sites (N-methyl/N-ethyl adjacent to an activating group) is 1. The number of nitrogens with zero attached hydrogens (tertiary/aromatic N) is 1. The van der Waals surface area contributed by atoms with Crippen molar-refractivity contribution in [3.8, 4) is 0 Å². The highest BCUT2D eigenvalue weighted by Gasteiger charge is 1.94. The lowest BCUT2D eigenvalue weighted by Crippen LogP contribution is -3.00. The summed E-state index contributed by atoms with van der Waals surface area (Å²) in [6, 6.07) is 0. The van der Waals surface area contributed by atoms with Gasteiger partial charge in [-0.25, -0.2) is 0 Å². The first-order valence-corrected chi connectivity index (χ1v) is 1.99. The zero-order chi connectivity index (χ0) is 5.86. The number of aliphatic carboxylic acids is 1. The van der Waals surface area contributed by atoms with Gasteiger partial charge in [-0.2, -0.15) is 0 Å². The number of hydrogen-bond donors (Lipinski definition) is 1. The van der Waals surface area contributed by atoms with Gasteiger partial charge in [0, 0.05) is 0 Å². The fraction of sp³-hybridized carbons (Fsp3) is 0.750. The van der Waals surface area contributed by atoms with E-state index >= 15 is 0 Å². The quantitative estimate of drug-likeness (QED) is 0.488. The van der Waals surface area contributed by atoms with Crippen LogP contribution in [0.1, 0.15) is 0 Å². The number of carboxylic acid groups (broad SMARTS) is 1. The third kappa shape index (κ3) is 18.0. The van der Waals surface area contributed by atoms with Crippen molar-refractivity contribution >= 4 is 18.4 Å². The average Bonchev–Trinajstić information content (AvgIpc) is 1.27. The molecule has 0 saturated heterocycles. The Balaban J connectivity index is -0.000000180. The first-order valence-electron chi connectivity index (χ1n) is 1.99. The highest BCUT2D eigenvalue weighted by Crippen LogP contribution is 1.69. The molecule has 0 aromatic rings. The number of halogens is 2. The molecule has 0 amide bonds. The SMILES string of the molecule is CN(C)CC(=O)O.Cl.[Cl-]. The minimum Gasteiger partial charge on any atom is -1.00 e. The molecule has 3 nitrogen and oxygen atoms in total. The van der Waals surface area contributed by atoms with Crippen LogP contribution >= 0.6 is 12.4 Å². The Labute approximate surface area is 66.9 Å². The van der Waals surface area contributed by atoms with E-state index in [0.717, 1.165) is 0 Å². The molecule has 0 bridgehead atoms. The summed E-state index contributed by atoms with van der Waals surface area (Å²) in [4.78, 5) is 11.4. The summed E-state index contributed by atoms with van der Waals surface area (Å²) in [5, 5.41) is 8.04. The number of rotatable bonds is 2. The van der Waals surface area contributed by atoms with E-state index in [1.807, 2.05) is 0 Å². The fourth-order valence-electron chi connectivity index (χ4n) is 0.271. The molecular formula is C4H10Cl2NO2-. The van der Waals surface area contributed by atoms with Gasteiger partial charge >= 0.3 is 5.97 Å². The van der Waals surface area contributed by atoms with Crippen molar-refractivity contribution in [2.45, 2.75) is 0 Å². The van der Waals surface area contributed by atoms with Crippen molar-refractivity contribution in [3.05, 3.63) is 0 Å². The van der Waals surface area contributed by atoms with Crippen molar-refractivity contribution in [2.24, 2.45) is 0 Å². The normalized spacial score (nSPS) is 7.44. The summed E-state index contributed by atoms with van der Waals surface area (Å²) in [5.41, 5.74) is 0. The van der Waals surface area contributed by atoms with Crippen molar-refractivity contribution in [2.75, 3.05) is 20.6 Å². The lowest BCUT2D eigenvalue weighted by molar-refractivity contribution is -0.137. The predicted molar refractivity (Wildman–Crippen MR) is 33.4 cm³/mol. The van der Waals surface area contributed by atoms with Gasteiger partial charge in [-0.1, -0.05) is 0 Å². The lowest BCUT2D eigenvalue weighted by Gasteiger charge is -2.01. The molecule has 0 heterocycles. The lowest BCUT2D eigenvalue weighted by atomic mass is 10.6. The summed E-state index contributed by atoms with van der Waals surface area (Å²) in [7, 11) is 3.43. The highest BCUT2D eigenvalue weighted by atomic mass is 35.5. The molecule has 0 aromatic carbocycles. The van der Waals surface area contributed by atoms with Crippen molar-refractivity contribution in [1.29, 1.82) is 0 Å². The Morgan fingerprint density at radius 3 is 1.89 bits per heavy atom. The largest absolute Gasteiger partial charge is 1.00 e. The van der Waals surface area contributed by atoms with Crippen LogP contribution < -0.4 is 12.4 Å². The fourth-order valence-corrected chi connectivity index (χ4v) is 0.271. The zero-order valence-corrected chi connectivity index (χ0v) is 6.87. The molecule has 0 atom stereocenters. The molecule has 0 fully saturated rings. The summed E-state index contributed by atoms with van der Waals surface area (Å²) < 4.78 is 0. The van der Waals surface area contributed by atoms with Crippen LogP contribution in [0.3, 0.4) is 0 Å². The zero-order valence-electron chi connectivity index (χ0n) is 5.30. The van der Waals surface area contributed by atoms with E-state index in [1.54, 1.807) is 19.0 Å². The molecule has 9 heavy (non-hydrogen) atoms. The van der Waals surface area contributed by atoms with Gasteiger partial charge in [0.1, 0.15) is 0 Å². The van der Waals surface area contributed by atoms with Crippen LogP contribution in [-0.2, 0) is 4.79 Å². The van der Waals surface area contributed by atoms with Gasteiger partial charge in [0.25, 0.3) is 0 Å². The van der Waals surface area contributed by atoms with Crippen LogP contribution in [0.4, 0.5) is 0 Å². The Hall–Kier alpha value is 0.01000. The van der Waals surface area contributed by atoms with Crippen molar-refractivity contribution in [1.82, 2.24) is 4.90 Å². The second kappa shape index (κ2) is 8.01. The second-order valence-electron chi connectivity index (χ2n) is 1.63. The van der Waals surface area contributed by atoms with Crippen LogP contribution in [0, 0.1) is 0 Å². The Kier molecular flexibility index (Phi) is 14.2. The molecule has 0 aliphatic carbocycles. The van der Waals surface area contributed by atoms with Crippen LogP contribution in [0.15, 0.2) is 0 Å². The predicted octanol–water partition coefficient (Wildman–Crippen LogP) is -2.94. The van der Waals surface area contributed by atoms with Gasteiger partial charge in [-0.05, 0) is 14.1 Å². The molecule has 0 rings (SSSR count). The molecule has 5 heteroatoms. The topological polar surface area (TPSA) is 40.5 Å². The summed E-state index contributed by atoms with van der Waals surface area (Å²) in [6.07, 6.45) is 0. The first-order chi connectivity index (χ1) is 3.13. The van der Waals surface area contributed by atoms with E-state index in [4.69, 9.17) is 5.11 Å². The number of carbonyl (C=O) groups is 1. The van der Waals surface area contributed by atoms with Crippen LogP contribution in [0.5, 0.6) is 0 Å². The van der Waals surface area contributed by atoms with Crippen LogP contribution in [-0.4, -0.2) is 36.6 Å². The molecular weight excluding hydrogens is 165 g/mol. The molecule has 0 saturated carbocycles. The molecule has 0 aliphatic heterocycles. The highest BCUT2D eigenvalue weighted by molar-refractivity contribution is 5.85. The standard InChI is InChI=1S/C4H9NO2.2ClH/c1-5(2)3-4(6)7;;/h3H2,1-2H3,(H,6,7);2*1H/p-1. The van der Waals surface area contributed by atoms with Gasteiger partial charge in [0.2, 0.25) is 0 Å². The van der Waals surface area contributed by atoms with Crippen molar-refractivity contribution in [3.63, 3.8) is 0 Å². The minimum atomic E-state index is -0.787.